The van der Waals surface area contributed by atoms with E-state index in [-0.39, 0.29) is 24.2 Å². The molecule has 0 radical (unpaired) electrons. The van der Waals surface area contributed by atoms with Crippen LogP contribution >= 0.6 is 11.6 Å². The minimum Gasteiger partial charge on any atom is -0.322 e. The first-order chi connectivity index (χ1) is 16.0. The first kappa shape index (κ1) is 23.1. The summed E-state index contributed by atoms with van der Waals surface area (Å²) in [5.41, 5.74) is 1.87. The number of benzene rings is 1. The maximum absolute atomic E-state index is 12.9. The van der Waals surface area contributed by atoms with Crippen LogP contribution in [0.2, 0.25) is 5.02 Å². The smallest absolute Gasteiger partial charge is 0.322 e. The van der Waals surface area contributed by atoms with Crippen LogP contribution in [0.25, 0.3) is 21.9 Å². The Balaban J connectivity index is 1.59. The Hall–Kier alpha value is -2.70. The fourth-order valence-electron chi connectivity index (χ4n) is 4.58. The maximum Gasteiger partial charge on any atom is 0.401 e. The lowest BCUT2D eigenvalue weighted by molar-refractivity contribution is -0.143. The van der Waals surface area contributed by atoms with Crippen LogP contribution in [0.15, 0.2) is 41.7 Å². The fraction of sp³-hybridized carbons (Fsp3) is 0.381. The van der Waals surface area contributed by atoms with Gasteiger partial charge in [0.1, 0.15) is 5.82 Å². The molecule has 3 aromatic heterocycles. The molecule has 0 unspecified atom stereocenters. The molecule has 0 saturated carbocycles. The van der Waals surface area contributed by atoms with Crippen LogP contribution in [0.1, 0.15) is 18.3 Å². The number of fused-ring (bicyclic) bond motifs is 2. The Kier molecular flexibility index (Phi) is 5.57. The van der Waals surface area contributed by atoms with Crippen LogP contribution < -0.4 is 0 Å². The summed E-state index contributed by atoms with van der Waals surface area (Å²) >= 11 is 6.15. The molecule has 1 fully saturated rings. The highest BCUT2D eigenvalue weighted by Crippen LogP contribution is 2.32. The first-order valence-corrected chi connectivity index (χ1v) is 12.7. The lowest BCUT2D eigenvalue weighted by atomic mass is 10.2. The fourth-order valence-corrected chi connectivity index (χ4v) is 5.56. The topological polar surface area (TPSA) is 85.9 Å². The lowest BCUT2D eigenvalue weighted by Crippen LogP contribution is -2.32. The van der Waals surface area contributed by atoms with Gasteiger partial charge in [0.15, 0.2) is 14.9 Å². The van der Waals surface area contributed by atoms with Gasteiger partial charge in [0.25, 0.3) is 0 Å². The summed E-state index contributed by atoms with van der Waals surface area (Å²) < 4.78 is 66.9. The summed E-state index contributed by atoms with van der Waals surface area (Å²) in [6.45, 7) is -0.329. The van der Waals surface area contributed by atoms with Crippen molar-refractivity contribution < 1.29 is 21.6 Å². The zero-order valence-electron chi connectivity index (χ0n) is 18.0. The number of imidazole rings is 1. The van der Waals surface area contributed by atoms with Crippen molar-refractivity contribution in [3.63, 3.8) is 0 Å². The average molecular weight is 513 g/mol. The highest BCUT2D eigenvalue weighted by molar-refractivity contribution is 7.90. The van der Waals surface area contributed by atoms with E-state index >= 15 is 0 Å². The molecule has 4 heterocycles. The van der Waals surface area contributed by atoms with E-state index in [4.69, 9.17) is 16.6 Å². The van der Waals surface area contributed by atoms with Gasteiger partial charge in [-0.1, -0.05) is 11.6 Å². The van der Waals surface area contributed by atoms with E-state index in [1.165, 1.54) is 22.0 Å². The Labute approximate surface area is 197 Å². The highest BCUT2D eigenvalue weighted by Gasteiger charge is 2.36. The Morgan fingerprint density at radius 1 is 1.21 bits per heavy atom. The number of alkyl halides is 3. The van der Waals surface area contributed by atoms with Crippen molar-refractivity contribution in [2.75, 3.05) is 25.9 Å². The molecule has 180 valence electrons. The van der Waals surface area contributed by atoms with Gasteiger partial charge >= 0.3 is 6.18 Å². The van der Waals surface area contributed by atoms with Crippen molar-refractivity contribution in [3.05, 3.63) is 47.5 Å². The van der Waals surface area contributed by atoms with Crippen molar-refractivity contribution in [3.8, 4) is 0 Å². The maximum atomic E-state index is 12.9. The van der Waals surface area contributed by atoms with Crippen LogP contribution in [0.3, 0.4) is 0 Å². The van der Waals surface area contributed by atoms with Crippen molar-refractivity contribution in [2.45, 2.75) is 30.2 Å². The number of sulfone groups is 1. The number of hydrogen-bond donors (Lipinski definition) is 0. The van der Waals surface area contributed by atoms with Gasteiger partial charge in [0, 0.05) is 42.0 Å². The molecule has 1 atom stereocenters. The quantitative estimate of drug-likeness (QED) is 0.405. The predicted octanol–water partition coefficient (Wildman–Crippen LogP) is 3.70. The monoisotopic (exact) mass is 512 g/mol. The molecule has 8 nitrogen and oxygen atoms in total. The van der Waals surface area contributed by atoms with E-state index in [1.54, 1.807) is 24.3 Å². The summed E-state index contributed by atoms with van der Waals surface area (Å²) in [4.78, 5) is 10.2. The van der Waals surface area contributed by atoms with Crippen LogP contribution in [0.4, 0.5) is 13.2 Å². The summed E-state index contributed by atoms with van der Waals surface area (Å²) in [6.07, 6.45) is 0.360. The van der Waals surface area contributed by atoms with Crippen molar-refractivity contribution in [1.82, 2.24) is 29.2 Å². The van der Waals surface area contributed by atoms with Crippen LogP contribution in [0.5, 0.6) is 0 Å². The Morgan fingerprint density at radius 2 is 2.00 bits per heavy atom. The molecular weight excluding hydrogens is 493 g/mol. The second-order valence-corrected chi connectivity index (χ2v) is 10.8. The van der Waals surface area contributed by atoms with Gasteiger partial charge < -0.3 is 4.57 Å². The van der Waals surface area contributed by atoms with Crippen LogP contribution in [0, 0.1) is 0 Å². The molecule has 0 aliphatic carbocycles. The third kappa shape index (κ3) is 4.37. The Bertz CT molecular complexity index is 1500. The van der Waals surface area contributed by atoms with Gasteiger partial charge in [0.2, 0.25) is 0 Å². The summed E-state index contributed by atoms with van der Waals surface area (Å²) in [7, 11) is -3.60. The third-order valence-electron chi connectivity index (χ3n) is 5.90. The van der Waals surface area contributed by atoms with Gasteiger partial charge in [-0.2, -0.15) is 18.3 Å². The molecule has 0 N–H and O–H groups in total. The van der Waals surface area contributed by atoms with Gasteiger partial charge in [-0.3, -0.25) is 14.6 Å². The molecule has 0 spiro atoms. The summed E-state index contributed by atoms with van der Waals surface area (Å²) in [6, 6.07) is 6.56. The van der Waals surface area contributed by atoms with Crippen molar-refractivity contribution in [1.29, 1.82) is 0 Å². The zero-order valence-corrected chi connectivity index (χ0v) is 19.6. The van der Waals surface area contributed by atoms with E-state index in [1.807, 2.05) is 4.57 Å². The first-order valence-electron chi connectivity index (χ1n) is 10.5. The lowest BCUT2D eigenvalue weighted by Gasteiger charge is -2.20. The highest BCUT2D eigenvalue weighted by atomic mass is 35.5. The molecular formula is C21H20ClF3N6O2S. The van der Waals surface area contributed by atoms with Gasteiger partial charge in [-0.05, 0) is 30.7 Å². The molecule has 1 saturated heterocycles. The van der Waals surface area contributed by atoms with Crippen molar-refractivity contribution >= 4 is 43.4 Å². The molecule has 1 aliphatic rings. The number of nitrogens with zero attached hydrogens (tertiary/aromatic N) is 6. The molecule has 5 rings (SSSR count). The summed E-state index contributed by atoms with van der Waals surface area (Å²) in [5.74, 6) is 0.546. The van der Waals surface area contributed by atoms with Crippen molar-refractivity contribution in [2.24, 2.45) is 0 Å². The molecule has 1 aliphatic heterocycles. The number of hydrogen-bond acceptors (Lipinski definition) is 6. The SMILES string of the molecule is CS(=O)(=O)c1nn(Cc2nc3cc(Cl)ccc3n2[C@@H]2CCN(CC(F)(F)F)C2)c2cnccc12. The molecule has 34 heavy (non-hydrogen) atoms. The molecule has 4 aromatic rings. The number of halogens is 4. The standard InChI is InChI=1S/C21H20ClF3N6O2S/c1-34(32,33)20-15-4-6-26-9-18(15)30(28-20)11-19-27-16-8-13(22)2-3-17(16)31(19)14-5-7-29(10-14)12-21(23,24)25/h2-4,6,8-9,14H,5,7,10-12H2,1H3/t14-/m1/s1. The number of likely N-dealkylation sites (tertiary alicyclic amines) is 1. The molecule has 0 bridgehead atoms. The molecule has 1 aromatic carbocycles. The minimum atomic E-state index is -4.27. The second kappa shape index (κ2) is 8.21. The van der Waals surface area contributed by atoms with Gasteiger partial charge in [0.05, 0.1) is 35.8 Å². The predicted molar refractivity (Wildman–Crippen MR) is 121 cm³/mol. The minimum absolute atomic E-state index is 0.0622. The van der Waals surface area contributed by atoms with E-state index in [0.717, 1.165) is 11.8 Å². The summed E-state index contributed by atoms with van der Waals surface area (Å²) in [5, 5.41) is 5.20. The van der Waals surface area contributed by atoms with E-state index in [2.05, 4.69) is 10.1 Å². The van der Waals surface area contributed by atoms with Crippen LogP contribution in [-0.4, -0.2) is 69.7 Å². The Morgan fingerprint density at radius 3 is 2.74 bits per heavy atom. The zero-order chi connectivity index (χ0) is 24.3. The second-order valence-electron chi connectivity index (χ2n) is 8.45. The van der Waals surface area contributed by atoms with Crippen LogP contribution in [-0.2, 0) is 16.4 Å². The molecule has 0 amide bonds. The van der Waals surface area contributed by atoms with Gasteiger partial charge in [-0.25, -0.2) is 13.4 Å². The largest absolute Gasteiger partial charge is 0.401 e. The molecule has 13 heteroatoms. The van der Waals surface area contributed by atoms with E-state index < -0.39 is 22.6 Å². The van der Waals surface area contributed by atoms with E-state index in [9.17, 15) is 21.6 Å². The average Bonchev–Trinajstić information content (AvgIpc) is 3.42. The third-order valence-corrected chi connectivity index (χ3v) is 7.14. The number of pyridine rings is 1. The normalized spacial score (nSPS) is 17.9. The number of rotatable bonds is 5. The van der Waals surface area contributed by atoms with E-state index in [0.29, 0.717) is 40.2 Å². The number of aromatic nitrogens is 5. The van der Waals surface area contributed by atoms with Gasteiger partial charge in [-0.15, -0.1) is 0 Å².